The second-order valence-electron chi connectivity index (χ2n) is 9.03. The van der Waals surface area contributed by atoms with E-state index < -0.39 is 28.7 Å². The number of amides is 1. The molecule has 1 amide bonds. The predicted octanol–water partition coefficient (Wildman–Crippen LogP) is 8.30. The minimum Gasteiger partial charge on any atom is -0.481 e. The van der Waals surface area contributed by atoms with Crippen LogP contribution in [0.2, 0.25) is 5.02 Å². The number of aliphatic carboxylic acids is 1. The first-order chi connectivity index (χ1) is 17.8. The number of thiophene rings is 1. The van der Waals surface area contributed by atoms with E-state index in [-0.39, 0.29) is 0 Å². The van der Waals surface area contributed by atoms with Crippen molar-refractivity contribution in [1.29, 1.82) is 0 Å². The van der Waals surface area contributed by atoms with Gasteiger partial charge in [0, 0.05) is 16.7 Å². The lowest BCUT2D eigenvalue weighted by Gasteiger charge is -2.15. The lowest BCUT2D eigenvalue weighted by atomic mass is 9.93. The summed E-state index contributed by atoms with van der Waals surface area (Å²) in [6, 6.07) is 23.5. The molecule has 0 radical (unpaired) electrons. The molecule has 1 heterocycles. The summed E-state index contributed by atoms with van der Waals surface area (Å²) in [6.07, 6.45) is 0.0298. The quantitative estimate of drug-likeness (QED) is 0.249. The van der Waals surface area contributed by atoms with Gasteiger partial charge in [0.1, 0.15) is 6.10 Å². The monoisotopic (exact) mass is 535 g/mol. The lowest BCUT2D eigenvalue weighted by Crippen LogP contribution is -2.19. The van der Waals surface area contributed by atoms with Gasteiger partial charge in [0.25, 0.3) is 0 Å². The third-order valence-corrected chi connectivity index (χ3v) is 7.96. The third-order valence-electron chi connectivity index (χ3n) is 6.64. The Bertz CT molecular complexity index is 1460. The van der Waals surface area contributed by atoms with Gasteiger partial charge in [0.2, 0.25) is 0 Å². The van der Waals surface area contributed by atoms with Gasteiger partial charge in [-0.2, -0.15) is 4.39 Å². The van der Waals surface area contributed by atoms with E-state index in [9.17, 15) is 19.1 Å². The van der Waals surface area contributed by atoms with E-state index in [4.69, 9.17) is 16.3 Å². The molecule has 4 aromatic rings. The molecular weight excluding hydrogens is 513 g/mol. The number of hydrogen-bond donors (Lipinski definition) is 2. The first-order valence-electron chi connectivity index (χ1n) is 11.7. The smallest absolute Gasteiger partial charge is 0.412 e. The van der Waals surface area contributed by atoms with Crippen LogP contribution in [0, 0.1) is 5.13 Å². The van der Waals surface area contributed by atoms with Crippen LogP contribution >= 0.6 is 22.9 Å². The molecule has 0 aliphatic heterocycles. The molecule has 0 spiro atoms. The zero-order chi connectivity index (χ0) is 26.2. The third kappa shape index (κ3) is 5.10. The fourth-order valence-corrected chi connectivity index (χ4v) is 5.52. The van der Waals surface area contributed by atoms with Crippen molar-refractivity contribution in [1.82, 2.24) is 0 Å². The molecule has 1 atom stereocenters. The number of anilines is 1. The Morgan fingerprint density at radius 1 is 1.00 bits per heavy atom. The summed E-state index contributed by atoms with van der Waals surface area (Å²) in [4.78, 5) is 24.7. The maximum atomic E-state index is 14.2. The van der Waals surface area contributed by atoms with Gasteiger partial charge < -0.3 is 9.84 Å². The van der Waals surface area contributed by atoms with Crippen molar-refractivity contribution in [3.63, 3.8) is 0 Å². The normalized spacial score (nSPS) is 14.6. The van der Waals surface area contributed by atoms with Gasteiger partial charge in [0.05, 0.1) is 16.0 Å². The minimum atomic E-state index is -0.778. The number of hydrogen-bond acceptors (Lipinski definition) is 4. The Balaban J connectivity index is 1.30. The highest BCUT2D eigenvalue weighted by molar-refractivity contribution is 7.14. The first-order valence-corrected chi connectivity index (χ1v) is 12.9. The molecule has 1 saturated carbocycles. The number of rotatable bonds is 7. The highest BCUT2D eigenvalue weighted by atomic mass is 35.5. The second kappa shape index (κ2) is 10.00. The topological polar surface area (TPSA) is 75.6 Å². The minimum absolute atomic E-state index is 0.319. The maximum Gasteiger partial charge on any atom is 0.412 e. The van der Waals surface area contributed by atoms with Gasteiger partial charge >= 0.3 is 12.1 Å². The van der Waals surface area contributed by atoms with Crippen molar-refractivity contribution in [3.8, 4) is 21.6 Å². The SMILES string of the molecule is CC(OC(=O)Nc1cc(F)sc1-c1ccc(-c2ccc(C3(C(=O)O)CC3)cc2)cc1)c1ccccc1Cl. The molecule has 5 rings (SSSR count). The highest BCUT2D eigenvalue weighted by Gasteiger charge is 2.51. The molecule has 1 unspecified atom stereocenters. The fraction of sp³-hybridized carbons (Fsp3) is 0.172. The highest BCUT2D eigenvalue weighted by Crippen LogP contribution is 2.48. The van der Waals surface area contributed by atoms with E-state index >= 15 is 0 Å². The van der Waals surface area contributed by atoms with E-state index in [1.807, 2.05) is 54.6 Å². The molecule has 1 aromatic heterocycles. The van der Waals surface area contributed by atoms with Gasteiger partial charge in [-0.1, -0.05) is 78.3 Å². The number of benzene rings is 3. The first kappa shape index (κ1) is 25.0. The van der Waals surface area contributed by atoms with Crippen LogP contribution in [0.3, 0.4) is 0 Å². The summed E-state index contributed by atoms with van der Waals surface area (Å²) < 4.78 is 19.7. The van der Waals surface area contributed by atoms with Crippen molar-refractivity contribution in [2.45, 2.75) is 31.3 Å². The van der Waals surface area contributed by atoms with E-state index in [0.29, 0.717) is 34.0 Å². The number of carboxylic acids is 1. The zero-order valence-corrected chi connectivity index (χ0v) is 21.4. The van der Waals surface area contributed by atoms with E-state index in [0.717, 1.165) is 33.6 Å². The Morgan fingerprint density at radius 2 is 1.59 bits per heavy atom. The predicted molar refractivity (Wildman–Crippen MR) is 144 cm³/mol. The van der Waals surface area contributed by atoms with Crippen molar-refractivity contribution in [2.75, 3.05) is 5.32 Å². The number of ether oxygens (including phenoxy) is 1. The summed E-state index contributed by atoms with van der Waals surface area (Å²) in [7, 11) is 0. The molecule has 1 aliphatic rings. The van der Waals surface area contributed by atoms with Crippen LogP contribution < -0.4 is 5.32 Å². The van der Waals surface area contributed by atoms with Crippen LogP contribution in [-0.4, -0.2) is 17.2 Å². The molecule has 37 heavy (non-hydrogen) atoms. The number of carbonyl (C=O) groups excluding carboxylic acids is 1. The van der Waals surface area contributed by atoms with Gasteiger partial charge in [-0.25, -0.2) is 4.79 Å². The van der Waals surface area contributed by atoms with Gasteiger partial charge in [-0.15, -0.1) is 11.3 Å². The van der Waals surface area contributed by atoms with Crippen LogP contribution in [0.1, 0.15) is 37.0 Å². The average molecular weight is 536 g/mol. The lowest BCUT2D eigenvalue weighted by molar-refractivity contribution is -0.140. The zero-order valence-electron chi connectivity index (χ0n) is 19.8. The molecule has 0 saturated heterocycles. The largest absolute Gasteiger partial charge is 0.481 e. The molecule has 5 nitrogen and oxygen atoms in total. The number of halogens is 2. The number of carbonyl (C=O) groups is 2. The van der Waals surface area contributed by atoms with Gasteiger partial charge in [0.15, 0.2) is 5.13 Å². The van der Waals surface area contributed by atoms with E-state index in [1.165, 1.54) is 6.07 Å². The van der Waals surface area contributed by atoms with Gasteiger partial charge in [-0.3, -0.25) is 10.1 Å². The van der Waals surface area contributed by atoms with Crippen LogP contribution in [-0.2, 0) is 14.9 Å². The maximum absolute atomic E-state index is 14.2. The Kier molecular flexibility index (Phi) is 6.75. The average Bonchev–Trinajstić information content (AvgIpc) is 3.62. The number of carboxylic acid groups (broad SMARTS) is 1. The summed E-state index contributed by atoms with van der Waals surface area (Å²) in [5.41, 5.74) is 3.71. The molecule has 2 N–H and O–H groups in total. The van der Waals surface area contributed by atoms with Crippen LogP contribution in [0.15, 0.2) is 78.9 Å². The Morgan fingerprint density at radius 3 is 2.19 bits per heavy atom. The summed E-state index contributed by atoms with van der Waals surface area (Å²) in [5, 5.41) is 12.2. The standard InChI is InChI=1S/C29H23ClFNO4S/c1-17(22-4-2-3-5-23(22)30)36-28(35)32-24-16-25(31)37-26(24)20-8-6-18(7-9-20)19-10-12-21(13-11-19)29(14-15-29)27(33)34/h2-13,16-17H,14-15H2,1H3,(H,32,35)(H,33,34). The van der Waals surface area contributed by atoms with Crippen LogP contribution in [0.5, 0.6) is 0 Å². The fourth-order valence-electron chi connectivity index (χ4n) is 4.38. The summed E-state index contributed by atoms with van der Waals surface area (Å²) >= 11 is 7.12. The molecule has 1 aliphatic carbocycles. The van der Waals surface area contributed by atoms with Crippen LogP contribution in [0.25, 0.3) is 21.6 Å². The Labute approximate surface area is 222 Å². The van der Waals surface area contributed by atoms with Crippen LogP contribution in [0.4, 0.5) is 14.9 Å². The molecule has 0 bridgehead atoms. The number of nitrogens with one attached hydrogen (secondary N) is 1. The summed E-state index contributed by atoms with van der Waals surface area (Å²) in [5.74, 6) is -0.778. The van der Waals surface area contributed by atoms with Gasteiger partial charge in [-0.05, 0) is 48.1 Å². The van der Waals surface area contributed by atoms with Crippen molar-refractivity contribution < 1.29 is 23.8 Å². The molecular formula is C29H23ClFNO4S. The molecule has 1 fully saturated rings. The van der Waals surface area contributed by atoms with E-state index in [2.05, 4.69) is 5.32 Å². The molecule has 3 aromatic carbocycles. The second-order valence-corrected chi connectivity index (χ2v) is 10.4. The van der Waals surface area contributed by atoms with Crippen molar-refractivity contribution >= 4 is 40.7 Å². The summed E-state index contributed by atoms with van der Waals surface area (Å²) in [6.45, 7) is 1.72. The van der Waals surface area contributed by atoms with E-state index in [1.54, 1.807) is 25.1 Å². The Hall–Kier alpha value is -3.68. The van der Waals surface area contributed by atoms with Crippen molar-refractivity contribution in [2.24, 2.45) is 0 Å². The molecule has 188 valence electrons. The van der Waals surface area contributed by atoms with Crippen molar-refractivity contribution in [3.05, 3.63) is 100 Å². The molecule has 8 heteroatoms.